The van der Waals surface area contributed by atoms with Crippen LogP contribution in [0.15, 0.2) is 42.5 Å². The first kappa shape index (κ1) is 19.2. The van der Waals surface area contributed by atoms with Crippen LogP contribution in [0.25, 0.3) is 6.08 Å². The number of hydrogen-bond donors (Lipinski definition) is 1. The fourth-order valence-corrected chi connectivity index (χ4v) is 4.55. The van der Waals surface area contributed by atoms with Gasteiger partial charge >= 0.3 is 0 Å². The number of amides is 1. The lowest BCUT2D eigenvalue weighted by Crippen LogP contribution is -2.58. The molecule has 0 radical (unpaired) electrons. The number of para-hydroxylation sites is 1. The Kier molecular flexibility index (Phi) is 4.45. The smallest absolute Gasteiger partial charge is 0.241 e. The third-order valence-corrected chi connectivity index (χ3v) is 6.08. The summed E-state index contributed by atoms with van der Waals surface area (Å²) < 4.78 is 16.3. The van der Waals surface area contributed by atoms with E-state index in [1.165, 1.54) is 5.56 Å². The maximum absolute atomic E-state index is 12.4. The molecule has 1 amide bonds. The molecule has 2 aromatic rings. The number of carbonyl (C=O) groups is 1. The Balaban J connectivity index is 1.81. The van der Waals surface area contributed by atoms with Crippen LogP contribution in [0.2, 0.25) is 0 Å². The van der Waals surface area contributed by atoms with E-state index in [-0.39, 0.29) is 11.3 Å². The standard InChI is InChI=1S/C23H26N2O4/c1-22(2)16-8-6-7-9-17(16)25-14-20(26)24-23(22,25)11-10-15-12-18(27-3)21(29-5)19(13-15)28-4/h6-13H,14H2,1-5H3,(H,24,26)/b11-10+/t23-/m0/s1. The summed E-state index contributed by atoms with van der Waals surface area (Å²) >= 11 is 0. The number of fused-ring (bicyclic) bond motifs is 3. The highest BCUT2D eigenvalue weighted by molar-refractivity contribution is 5.91. The lowest BCUT2D eigenvalue weighted by atomic mass is 9.75. The number of hydrogen-bond acceptors (Lipinski definition) is 5. The SMILES string of the molecule is COc1cc(/C=C/[C@]23NC(=O)CN2c2ccccc2C3(C)C)cc(OC)c1OC. The summed E-state index contributed by atoms with van der Waals surface area (Å²) in [6.07, 6.45) is 4.06. The van der Waals surface area contributed by atoms with Crippen molar-refractivity contribution in [2.24, 2.45) is 0 Å². The first-order valence-corrected chi connectivity index (χ1v) is 9.55. The fraction of sp³-hybridized carbons (Fsp3) is 0.348. The quantitative estimate of drug-likeness (QED) is 0.843. The van der Waals surface area contributed by atoms with Crippen molar-refractivity contribution in [1.82, 2.24) is 5.32 Å². The molecular formula is C23H26N2O4. The summed E-state index contributed by atoms with van der Waals surface area (Å²) in [4.78, 5) is 14.6. The number of anilines is 1. The second-order valence-electron chi connectivity index (χ2n) is 7.83. The number of rotatable bonds is 5. The third kappa shape index (κ3) is 2.66. The van der Waals surface area contributed by atoms with Gasteiger partial charge < -0.3 is 24.4 Å². The predicted molar refractivity (Wildman–Crippen MR) is 113 cm³/mol. The largest absolute Gasteiger partial charge is 0.493 e. The lowest BCUT2D eigenvalue weighted by Gasteiger charge is -2.40. The number of methoxy groups -OCH3 is 3. The van der Waals surface area contributed by atoms with Crippen LogP contribution < -0.4 is 24.4 Å². The Morgan fingerprint density at radius 3 is 2.31 bits per heavy atom. The van der Waals surface area contributed by atoms with E-state index < -0.39 is 5.66 Å². The van der Waals surface area contributed by atoms with Crippen LogP contribution in [-0.2, 0) is 10.2 Å². The predicted octanol–water partition coefficient (Wildman–Crippen LogP) is 3.35. The minimum absolute atomic E-state index is 0.0159. The van der Waals surface area contributed by atoms with Gasteiger partial charge in [-0.1, -0.05) is 38.1 Å². The summed E-state index contributed by atoms with van der Waals surface area (Å²) in [7, 11) is 4.78. The van der Waals surface area contributed by atoms with Gasteiger partial charge in [-0.05, 0) is 35.4 Å². The van der Waals surface area contributed by atoms with Gasteiger partial charge in [-0.25, -0.2) is 0 Å². The Morgan fingerprint density at radius 2 is 1.69 bits per heavy atom. The molecule has 29 heavy (non-hydrogen) atoms. The van der Waals surface area contributed by atoms with E-state index in [0.717, 1.165) is 11.3 Å². The average Bonchev–Trinajstić information content (AvgIpc) is 3.16. The Labute approximate surface area is 171 Å². The number of nitrogens with zero attached hydrogens (tertiary/aromatic N) is 1. The molecule has 1 atom stereocenters. The molecule has 1 saturated heterocycles. The van der Waals surface area contributed by atoms with Gasteiger partial charge in [0.2, 0.25) is 11.7 Å². The molecule has 2 heterocycles. The zero-order chi connectivity index (χ0) is 20.8. The van der Waals surface area contributed by atoms with Crippen LogP contribution in [0.3, 0.4) is 0 Å². The second-order valence-corrected chi connectivity index (χ2v) is 7.83. The van der Waals surface area contributed by atoms with Gasteiger partial charge in [-0.2, -0.15) is 0 Å². The molecule has 2 aliphatic rings. The highest BCUT2D eigenvalue weighted by Crippen LogP contribution is 2.53. The van der Waals surface area contributed by atoms with E-state index in [1.54, 1.807) is 21.3 Å². The summed E-state index contributed by atoms with van der Waals surface area (Å²) in [5, 5.41) is 3.23. The van der Waals surface area contributed by atoms with Crippen molar-refractivity contribution in [3.05, 3.63) is 53.6 Å². The molecule has 0 saturated carbocycles. The summed E-state index contributed by atoms with van der Waals surface area (Å²) in [5.74, 6) is 1.74. The molecule has 0 bridgehead atoms. The molecule has 6 nitrogen and oxygen atoms in total. The minimum atomic E-state index is -0.645. The van der Waals surface area contributed by atoms with Crippen LogP contribution in [0.1, 0.15) is 25.0 Å². The molecule has 152 valence electrons. The Bertz CT molecular complexity index is 973. The molecule has 4 rings (SSSR count). The zero-order valence-electron chi connectivity index (χ0n) is 17.4. The highest BCUT2D eigenvalue weighted by atomic mass is 16.5. The van der Waals surface area contributed by atoms with Crippen LogP contribution >= 0.6 is 0 Å². The molecule has 2 aromatic carbocycles. The second kappa shape index (κ2) is 6.72. The number of benzene rings is 2. The Morgan fingerprint density at radius 1 is 1.03 bits per heavy atom. The van der Waals surface area contributed by atoms with E-state index in [1.807, 2.05) is 30.3 Å². The van der Waals surface area contributed by atoms with E-state index in [4.69, 9.17) is 14.2 Å². The zero-order valence-corrected chi connectivity index (χ0v) is 17.4. The van der Waals surface area contributed by atoms with Crippen LogP contribution in [0.4, 0.5) is 5.69 Å². The van der Waals surface area contributed by atoms with Crippen molar-refractivity contribution in [1.29, 1.82) is 0 Å². The monoisotopic (exact) mass is 394 g/mol. The van der Waals surface area contributed by atoms with Crippen molar-refractivity contribution in [3.63, 3.8) is 0 Å². The molecule has 6 heteroatoms. The van der Waals surface area contributed by atoms with Gasteiger partial charge in [-0.15, -0.1) is 0 Å². The average molecular weight is 394 g/mol. The molecule has 0 spiro atoms. The van der Waals surface area contributed by atoms with Crippen LogP contribution in [0.5, 0.6) is 17.2 Å². The van der Waals surface area contributed by atoms with Gasteiger partial charge in [0.05, 0.1) is 27.9 Å². The van der Waals surface area contributed by atoms with Gasteiger partial charge in [0.25, 0.3) is 0 Å². The van der Waals surface area contributed by atoms with Gasteiger partial charge in [0.15, 0.2) is 11.5 Å². The molecule has 0 unspecified atom stereocenters. The topological polar surface area (TPSA) is 60.0 Å². The maximum atomic E-state index is 12.4. The van der Waals surface area contributed by atoms with Crippen LogP contribution in [-0.4, -0.2) is 39.4 Å². The molecule has 0 aliphatic carbocycles. The van der Waals surface area contributed by atoms with Crippen molar-refractivity contribution in [2.75, 3.05) is 32.8 Å². The third-order valence-electron chi connectivity index (χ3n) is 6.08. The highest BCUT2D eigenvalue weighted by Gasteiger charge is 2.59. The van der Waals surface area contributed by atoms with Gasteiger partial charge in [-0.3, -0.25) is 4.79 Å². The van der Waals surface area contributed by atoms with Crippen molar-refractivity contribution >= 4 is 17.7 Å². The lowest BCUT2D eigenvalue weighted by molar-refractivity contribution is -0.118. The summed E-state index contributed by atoms with van der Waals surface area (Å²) in [5.41, 5.74) is 2.24. The van der Waals surface area contributed by atoms with E-state index in [2.05, 4.69) is 42.3 Å². The molecular weight excluding hydrogens is 368 g/mol. The number of carbonyl (C=O) groups excluding carboxylic acids is 1. The number of ether oxygens (including phenoxy) is 3. The maximum Gasteiger partial charge on any atom is 0.241 e. The number of nitrogens with one attached hydrogen (secondary N) is 1. The summed E-state index contributed by atoms with van der Waals surface area (Å²) in [6, 6.07) is 12.1. The molecule has 1 N–H and O–H groups in total. The summed E-state index contributed by atoms with van der Waals surface area (Å²) in [6.45, 7) is 4.66. The first-order chi connectivity index (χ1) is 13.9. The molecule has 2 aliphatic heterocycles. The van der Waals surface area contributed by atoms with E-state index in [9.17, 15) is 4.79 Å². The van der Waals surface area contributed by atoms with Gasteiger partial charge in [0.1, 0.15) is 5.66 Å². The van der Waals surface area contributed by atoms with Crippen LogP contribution in [0, 0.1) is 0 Å². The van der Waals surface area contributed by atoms with Crippen molar-refractivity contribution < 1.29 is 19.0 Å². The molecule has 1 fully saturated rings. The van der Waals surface area contributed by atoms with Gasteiger partial charge in [0, 0.05) is 11.1 Å². The normalized spacial score (nSPS) is 21.7. The first-order valence-electron chi connectivity index (χ1n) is 9.55. The minimum Gasteiger partial charge on any atom is -0.493 e. The Hall–Kier alpha value is -3.15. The fourth-order valence-electron chi connectivity index (χ4n) is 4.55. The van der Waals surface area contributed by atoms with Crippen molar-refractivity contribution in [3.8, 4) is 17.2 Å². The van der Waals surface area contributed by atoms with E-state index >= 15 is 0 Å². The van der Waals surface area contributed by atoms with E-state index in [0.29, 0.717) is 23.8 Å². The van der Waals surface area contributed by atoms with Crippen molar-refractivity contribution in [2.45, 2.75) is 24.9 Å². The molecule has 0 aromatic heterocycles.